The van der Waals surface area contributed by atoms with Crippen molar-refractivity contribution < 1.29 is 0 Å². The molecule has 218 valence electrons. The maximum absolute atomic E-state index is 14.7. The van der Waals surface area contributed by atoms with Gasteiger partial charge in [-0.15, -0.1) is 11.3 Å². The first kappa shape index (κ1) is 24.9. The Bertz CT molecular complexity index is 2890. The summed E-state index contributed by atoms with van der Waals surface area (Å²) in [6, 6.07) is 32.2. The molecule has 0 saturated heterocycles. The Morgan fingerprint density at radius 3 is 1.83 bits per heavy atom. The van der Waals surface area contributed by atoms with E-state index in [-0.39, 0.29) is 5.56 Å². The highest BCUT2D eigenvalue weighted by Gasteiger charge is 2.31. The summed E-state index contributed by atoms with van der Waals surface area (Å²) in [5.74, 6) is 0. The molecule has 0 aliphatic heterocycles. The van der Waals surface area contributed by atoms with Gasteiger partial charge >= 0.3 is 0 Å². The topological polar surface area (TPSA) is 31.3 Å². The number of aromatic nitrogens is 3. The van der Waals surface area contributed by atoms with Crippen molar-refractivity contribution in [3.8, 4) is 10.7 Å². The summed E-state index contributed by atoms with van der Waals surface area (Å²) < 4.78 is 8.25. The van der Waals surface area contributed by atoms with Gasteiger partial charge in [-0.3, -0.25) is 9.20 Å². The fourth-order valence-corrected chi connectivity index (χ4v) is 9.84. The van der Waals surface area contributed by atoms with Crippen molar-refractivity contribution in [1.29, 1.82) is 0 Å². The van der Waals surface area contributed by atoms with Crippen molar-refractivity contribution in [1.82, 2.24) is 13.5 Å². The summed E-state index contributed by atoms with van der Waals surface area (Å²) >= 11 is 1.84. The molecule has 0 bridgehead atoms. The number of benzene rings is 4. The van der Waals surface area contributed by atoms with Crippen LogP contribution in [0.25, 0.3) is 81.9 Å². The SMILES string of the molecule is O=c1c2ccccc2c2cccc3c4sc(-n5c6c(c7ccccc75)C=CCC6)c(-n5c6c(c7ccccc75)C=CCC6)c4n1c23. The van der Waals surface area contributed by atoms with Crippen molar-refractivity contribution in [3.05, 3.63) is 136 Å². The minimum atomic E-state index is 0.0486. The molecular formula is C41H27N3OS. The van der Waals surface area contributed by atoms with Gasteiger partial charge in [0.25, 0.3) is 5.56 Å². The van der Waals surface area contributed by atoms with Gasteiger partial charge in [-0.05, 0) is 49.3 Å². The minimum Gasteiger partial charge on any atom is -0.308 e. The summed E-state index contributed by atoms with van der Waals surface area (Å²) in [5.41, 5.74) is 10.9. The normalized spacial score (nSPS) is 14.5. The van der Waals surface area contributed by atoms with Gasteiger partial charge in [0.2, 0.25) is 0 Å². The van der Waals surface area contributed by atoms with Gasteiger partial charge < -0.3 is 9.13 Å². The van der Waals surface area contributed by atoms with Gasteiger partial charge in [0, 0.05) is 49.4 Å². The molecule has 46 heavy (non-hydrogen) atoms. The Kier molecular flexibility index (Phi) is 4.79. The van der Waals surface area contributed by atoms with Gasteiger partial charge in [-0.25, -0.2) is 0 Å². The molecule has 2 aliphatic rings. The van der Waals surface area contributed by atoms with E-state index in [0.29, 0.717) is 0 Å². The Labute approximate surface area is 267 Å². The highest BCUT2D eigenvalue weighted by molar-refractivity contribution is 7.23. The van der Waals surface area contributed by atoms with Gasteiger partial charge in [-0.1, -0.05) is 97.1 Å². The zero-order valence-electron chi connectivity index (χ0n) is 25.0. The van der Waals surface area contributed by atoms with E-state index in [2.05, 4.69) is 111 Å². The zero-order chi connectivity index (χ0) is 30.1. The zero-order valence-corrected chi connectivity index (χ0v) is 25.8. The number of hydrogen-bond donors (Lipinski definition) is 0. The van der Waals surface area contributed by atoms with E-state index < -0.39 is 0 Å². The van der Waals surface area contributed by atoms with E-state index in [4.69, 9.17) is 0 Å². The molecule has 2 aliphatic carbocycles. The first-order chi connectivity index (χ1) is 22.8. The number of pyridine rings is 1. The molecule has 9 aromatic rings. The number of thiophene rings is 1. The molecule has 4 nitrogen and oxygen atoms in total. The van der Waals surface area contributed by atoms with Crippen LogP contribution in [-0.2, 0) is 12.8 Å². The van der Waals surface area contributed by atoms with Crippen LogP contribution in [0.3, 0.4) is 0 Å². The van der Waals surface area contributed by atoms with E-state index in [1.807, 2.05) is 29.5 Å². The molecule has 0 amide bonds. The Morgan fingerprint density at radius 1 is 0.543 bits per heavy atom. The average molecular weight is 610 g/mol. The molecule has 5 aromatic heterocycles. The third kappa shape index (κ3) is 2.97. The Morgan fingerprint density at radius 2 is 1.11 bits per heavy atom. The molecule has 4 aromatic carbocycles. The third-order valence-corrected chi connectivity index (χ3v) is 11.5. The molecule has 0 spiro atoms. The maximum Gasteiger partial charge on any atom is 0.263 e. The summed E-state index contributed by atoms with van der Waals surface area (Å²) in [4.78, 5) is 14.7. The van der Waals surface area contributed by atoms with Gasteiger partial charge in [-0.2, -0.15) is 0 Å². The monoisotopic (exact) mass is 609 g/mol. The fourth-order valence-electron chi connectivity index (χ4n) is 8.50. The molecule has 0 radical (unpaired) electrons. The van der Waals surface area contributed by atoms with E-state index in [1.165, 1.54) is 54.0 Å². The number of allylic oxidation sites excluding steroid dienone is 2. The lowest BCUT2D eigenvalue weighted by Crippen LogP contribution is -2.15. The highest BCUT2D eigenvalue weighted by atomic mass is 32.1. The van der Waals surface area contributed by atoms with E-state index in [0.717, 1.165) is 63.9 Å². The van der Waals surface area contributed by atoms with Gasteiger partial charge in [0.05, 0.1) is 26.8 Å². The van der Waals surface area contributed by atoms with Crippen LogP contribution in [0.15, 0.2) is 108 Å². The Hall–Kier alpha value is -5.39. The second-order valence-corrected chi connectivity index (χ2v) is 13.6. The minimum absolute atomic E-state index is 0.0486. The summed E-state index contributed by atoms with van der Waals surface area (Å²) in [6.45, 7) is 0. The molecule has 0 unspecified atom stereocenters. The second-order valence-electron chi connectivity index (χ2n) is 12.6. The number of hydrogen-bond acceptors (Lipinski definition) is 2. The lowest BCUT2D eigenvalue weighted by molar-refractivity contribution is 0.869. The van der Waals surface area contributed by atoms with Crippen LogP contribution in [0.2, 0.25) is 0 Å². The predicted octanol–water partition coefficient (Wildman–Crippen LogP) is 10.1. The van der Waals surface area contributed by atoms with Crippen LogP contribution in [0.5, 0.6) is 0 Å². The number of nitrogens with zero attached hydrogens (tertiary/aromatic N) is 3. The van der Waals surface area contributed by atoms with Crippen molar-refractivity contribution in [2.24, 2.45) is 0 Å². The van der Waals surface area contributed by atoms with Crippen LogP contribution in [0, 0.1) is 0 Å². The Balaban J connectivity index is 1.43. The van der Waals surface area contributed by atoms with Crippen LogP contribution < -0.4 is 5.56 Å². The van der Waals surface area contributed by atoms with Crippen molar-refractivity contribution >= 4 is 82.6 Å². The second kappa shape index (κ2) is 8.87. The molecule has 0 N–H and O–H groups in total. The molecule has 0 saturated carbocycles. The van der Waals surface area contributed by atoms with Crippen LogP contribution in [0.4, 0.5) is 0 Å². The van der Waals surface area contributed by atoms with Crippen molar-refractivity contribution in [2.75, 3.05) is 0 Å². The van der Waals surface area contributed by atoms with Gasteiger partial charge in [0.15, 0.2) is 0 Å². The lowest BCUT2D eigenvalue weighted by atomic mass is 10.0. The molecule has 0 fully saturated rings. The number of fused-ring (bicyclic) bond motifs is 11. The largest absolute Gasteiger partial charge is 0.308 e. The van der Waals surface area contributed by atoms with E-state index in [1.54, 1.807) is 0 Å². The molecule has 11 rings (SSSR count). The van der Waals surface area contributed by atoms with E-state index >= 15 is 0 Å². The van der Waals surface area contributed by atoms with Gasteiger partial charge in [0.1, 0.15) is 10.7 Å². The standard InChI is InChI=1S/C41H27N3OS/c45-40-30-17-2-1-12-24(30)29-18-11-19-31-36(29)44(40)37-38(42-32-20-7-3-13-25(32)26-14-4-8-21-33(26)42)41(46-39(31)37)43-34-22-9-5-15-27(34)28-16-6-10-23-35(28)43/h1-7,9,11-20,22H,8,10,21,23H2. The molecule has 5 heteroatoms. The fraction of sp³-hybridized carbons (Fsp3) is 0.0976. The van der Waals surface area contributed by atoms with Crippen LogP contribution in [-0.4, -0.2) is 13.5 Å². The van der Waals surface area contributed by atoms with Crippen LogP contribution in [0.1, 0.15) is 35.4 Å². The summed E-state index contributed by atoms with van der Waals surface area (Å²) in [5, 5.41) is 7.76. The first-order valence-corrected chi connectivity index (χ1v) is 16.9. The summed E-state index contributed by atoms with van der Waals surface area (Å²) in [6.07, 6.45) is 13.2. The van der Waals surface area contributed by atoms with Crippen molar-refractivity contribution in [2.45, 2.75) is 25.7 Å². The van der Waals surface area contributed by atoms with E-state index in [9.17, 15) is 4.79 Å². The number of para-hydroxylation sites is 3. The van der Waals surface area contributed by atoms with Crippen molar-refractivity contribution in [3.63, 3.8) is 0 Å². The number of rotatable bonds is 2. The smallest absolute Gasteiger partial charge is 0.263 e. The quantitative estimate of drug-likeness (QED) is 0.180. The average Bonchev–Trinajstić information content (AvgIpc) is 3.83. The van der Waals surface area contributed by atoms with Crippen LogP contribution >= 0.6 is 11.3 Å². The highest BCUT2D eigenvalue weighted by Crippen LogP contribution is 2.49. The predicted molar refractivity (Wildman–Crippen MR) is 194 cm³/mol. The molecular weight excluding hydrogens is 583 g/mol. The summed E-state index contributed by atoms with van der Waals surface area (Å²) in [7, 11) is 0. The maximum atomic E-state index is 14.7. The third-order valence-electron chi connectivity index (χ3n) is 10.3. The molecule has 0 atom stereocenters. The molecule has 5 heterocycles. The lowest BCUT2D eigenvalue weighted by Gasteiger charge is -2.18. The first-order valence-electron chi connectivity index (χ1n) is 16.1.